The minimum Gasteiger partial charge on any atom is -0.265 e. The first-order chi connectivity index (χ1) is 13.6. The average molecular weight is 370 g/mol. The zero-order valence-electron chi connectivity index (χ0n) is 16.1. The molecule has 28 heavy (non-hydrogen) atoms. The van der Waals surface area contributed by atoms with E-state index in [2.05, 4.69) is 37.1 Å². The lowest BCUT2D eigenvalue weighted by atomic mass is 10.1. The Morgan fingerprint density at radius 3 is 2.61 bits per heavy atom. The number of hydrogen-bond donors (Lipinski definition) is 0. The summed E-state index contributed by atoms with van der Waals surface area (Å²) in [5.41, 5.74) is 5.90. The maximum atomic E-state index is 13.4. The molecule has 2 aromatic carbocycles. The van der Waals surface area contributed by atoms with E-state index >= 15 is 0 Å². The van der Waals surface area contributed by atoms with Gasteiger partial charge in [-0.2, -0.15) is 10.2 Å². The molecule has 0 saturated heterocycles. The van der Waals surface area contributed by atoms with Gasteiger partial charge in [0.2, 0.25) is 0 Å². The first kappa shape index (κ1) is 16.9. The van der Waals surface area contributed by atoms with E-state index in [-0.39, 0.29) is 5.56 Å². The molecular weight excluding hydrogens is 348 g/mol. The van der Waals surface area contributed by atoms with Gasteiger partial charge in [0.15, 0.2) is 0 Å². The van der Waals surface area contributed by atoms with E-state index in [1.807, 2.05) is 30.3 Å². The third kappa shape index (κ3) is 2.83. The van der Waals surface area contributed by atoms with Gasteiger partial charge in [-0.3, -0.25) is 4.79 Å². The quantitative estimate of drug-likeness (QED) is 0.543. The predicted octanol–water partition coefficient (Wildman–Crippen LogP) is 4.12. The van der Waals surface area contributed by atoms with Crippen molar-refractivity contribution in [3.8, 4) is 5.69 Å². The molecule has 0 spiro atoms. The molecule has 0 atom stereocenters. The van der Waals surface area contributed by atoms with E-state index in [0.29, 0.717) is 18.0 Å². The molecule has 0 radical (unpaired) electrons. The Morgan fingerprint density at radius 1 is 1.07 bits per heavy atom. The highest BCUT2D eigenvalue weighted by Gasteiger charge is 2.30. The lowest BCUT2D eigenvalue weighted by molar-refractivity contribution is 0.624. The van der Waals surface area contributed by atoms with Gasteiger partial charge in [0.25, 0.3) is 5.56 Å². The molecule has 1 aliphatic rings. The Balaban J connectivity index is 1.73. The third-order valence-electron chi connectivity index (χ3n) is 5.50. The first-order valence-electron chi connectivity index (χ1n) is 9.72. The van der Waals surface area contributed by atoms with Crippen molar-refractivity contribution in [1.29, 1.82) is 0 Å². The van der Waals surface area contributed by atoms with Gasteiger partial charge >= 0.3 is 0 Å². The summed E-state index contributed by atoms with van der Waals surface area (Å²) < 4.78 is 3.38. The molecule has 1 fully saturated rings. The Morgan fingerprint density at radius 2 is 1.86 bits per heavy atom. The maximum Gasteiger partial charge on any atom is 0.293 e. The lowest BCUT2D eigenvalue weighted by Gasteiger charge is -2.12. The second kappa shape index (κ2) is 6.44. The maximum absolute atomic E-state index is 13.4. The molecule has 2 aromatic heterocycles. The van der Waals surface area contributed by atoms with Crippen molar-refractivity contribution in [2.45, 2.75) is 39.2 Å². The summed E-state index contributed by atoms with van der Waals surface area (Å²) in [4.78, 5) is 13.4. The highest BCUT2D eigenvalue weighted by molar-refractivity contribution is 5.82. The molecule has 5 nitrogen and oxygen atoms in total. The van der Waals surface area contributed by atoms with Crippen LogP contribution in [0.25, 0.3) is 16.6 Å². The summed E-state index contributed by atoms with van der Waals surface area (Å²) in [5, 5.41) is 10.2. The van der Waals surface area contributed by atoms with Crippen LogP contribution in [0.1, 0.15) is 41.1 Å². The SMILES string of the molecule is Cc1ccc(C)c(Cn2nc(C3CC3)c3cnn(-c4ccccc4)c3c2=O)c1. The summed E-state index contributed by atoms with van der Waals surface area (Å²) >= 11 is 0. The number of para-hydroxylation sites is 1. The van der Waals surface area contributed by atoms with Crippen molar-refractivity contribution in [3.05, 3.63) is 87.5 Å². The predicted molar refractivity (Wildman–Crippen MR) is 110 cm³/mol. The molecule has 0 amide bonds. The van der Waals surface area contributed by atoms with E-state index in [4.69, 9.17) is 5.10 Å². The van der Waals surface area contributed by atoms with Crippen molar-refractivity contribution in [3.63, 3.8) is 0 Å². The number of rotatable bonds is 4. The Kier molecular flexibility index (Phi) is 3.90. The van der Waals surface area contributed by atoms with Gasteiger partial charge in [-0.15, -0.1) is 0 Å². The molecular formula is C23H22N4O. The topological polar surface area (TPSA) is 52.7 Å². The van der Waals surface area contributed by atoms with Crippen LogP contribution in [0.4, 0.5) is 0 Å². The fraction of sp³-hybridized carbons (Fsp3) is 0.261. The number of nitrogens with zero attached hydrogens (tertiary/aromatic N) is 4. The average Bonchev–Trinajstić information content (AvgIpc) is 3.45. The molecule has 2 heterocycles. The number of fused-ring (bicyclic) bond motifs is 1. The van der Waals surface area contributed by atoms with Gasteiger partial charge in [-0.25, -0.2) is 9.36 Å². The van der Waals surface area contributed by atoms with Gasteiger partial charge in [0.05, 0.1) is 24.1 Å². The van der Waals surface area contributed by atoms with Crippen LogP contribution in [0.15, 0.2) is 59.5 Å². The summed E-state index contributed by atoms with van der Waals surface area (Å²) in [7, 11) is 0. The van der Waals surface area contributed by atoms with Crippen LogP contribution in [0.2, 0.25) is 0 Å². The van der Waals surface area contributed by atoms with E-state index in [0.717, 1.165) is 35.2 Å². The molecule has 1 saturated carbocycles. The van der Waals surface area contributed by atoms with E-state index in [9.17, 15) is 4.79 Å². The molecule has 5 heteroatoms. The van der Waals surface area contributed by atoms with Crippen LogP contribution in [0.3, 0.4) is 0 Å². The highest BCUT2D eigenvalue weighted by atomic mass is 16.1. The van der Waals surface area contributed by atoms with E-state index in [1.54, 1.807) is 15.6 Å². The van der Waals surface area contributed by atoms with E-state index < -0.39 is 0 Å². The van der Waals surface area contributed by atoms with Crippen molar-refractivity contribution in [2.75, 3.05) is 0 Å². The normalized spacial score (nSPS) is 13.9. The second-order valence-corrected chi connectivity index (χ2v) is 7.71. The minimum atomic E-state index is -0.0957. The van der Waals surface area contributed by atoms with Crippen molar-refractivity contribution in [1.82, 2.24) is 19.6 Å². The van der Waals surface area contributed by atoms with Crippen LogP contribution in [0.5, 0.6) is 0 Å². The molecule has 5 rings (SSSR count). The van der Waals surface area contributed by atoms with Crippen molar-refractivity contribution >= 4 is 10.9 Å². The first-order valence-corrected chi connectivity index (χ1v) is 9.72. The molecule has 0 N–H and O–H groups in total. The Hall–Kier alpha value is -3.21. The van der Waals surface area contributed by atoms with Crippen molar-refractivity contribution in [2.24, 2.45) is 0 Å². The molecule has 0 unspecified atom stereocenters. The zero-order chi connectivity index (χ0) is 19.3. The summed E-state index contributed by atoms with van der Waals surface area (Å²) in [6.07, 6.45) is 4.05. The summed E-state index contributed by atoms with van der Waals surface area (Å²) in [6, 6.07) is 16.2. The summed E-state index contributed by atoms with van der Waals surface area (Å²) in [6.45, 7) is 4.62. The fourth-order valence-corrected chi connectivity index (χ4v) is 3.76. The number of benzene rings is 2. The molecule has 1 aliphatic carbocycles. The lowest BCUT2D eigenvalue weighted by Crippen LogP contribution is -2.26. The van der Waals surface area contributed by atoms with Crippen LogP contribution in [-0.4, -0.2) is 19.6 Å². The van der Waals surface area contributed by atoms with Crippen LogP contribution >= 0.6 is 0 Å². The largest absolute Gasteiger partial charge is 0.293 e. The number of aryl methyl sites for hydroxylation is 2. The van der Waals surface area contributed by atoms with Crippen LogP contribution < -0.4 is 5.56 Å². The minimum absolute atomic E-state index is 0.0957. The Labute approximate surface area is 163 Å². The number of hydrogen-bond acceptors (Lipinski definition) is 3. The molecule has 140 valence electrons. The summed E-state index contributed by atoms with van der Waals surface area (Å²) in [5.74, 6) is 0.432. The van der Waals surface area contributed by atoms with Gasteiger partial charge in [-0.05, 0) is 49.9 Å². The third-order valence-corrected chi connectivity index (χ3v) is 5.50. The fourth-order valence-electron chi connectivity index (χ4n) is 3.76. The van der Waals surface area contributed by atoms with Gasteiger partial charge in [-0.1, -0.05) is 42.0 Å². The second-order valence-electron chi connectivity index (χ2n) is 7.71. The number of aromatic nitrogens is 4. The monoisotopic (exact) mass is 370 g/mol. The highest BCUT2D eigenvalue weighted by Crippen LogP contribution is 2.41. The molecule has 0 bridgehead atoms. The Bertz CT molecular complexity index is 1230. The molecule has 0 aliphatic heterocycles. The van der Waals surface area contributed by atoms with Crippen LogP contribution in [0, 0.1) is 13.8 Å². The van der Waals surface area contributed by atoms with Crippen LogP contribution in [-0.2, 0) is 6.54 Å². The van der Waals surface area contributed by atoms with Gasteiger partial charge < -0.3 is 0 Å². The smallest absolute Gasteiger partial charge is 0.265 e. The standard InChI is InChI=1S/C23H22N4O/c1-15-8-9-16(2)18(12-15)14-26-23(28)22-20(21(25-26)17-10-11-17)13-24-27(22)19-6-4-3-5-7-19/h3-9,12-13,17H,10-11,14H2,1-2H3. The molecule has 4 aromatic rings. The van der Waals surface area contributed by atoms with E-state index in [1.165, 1.54) is 11.1 Å². The van der Waals surface area contributed by atoms with Crippen molar-refractivity contribution < 1.29 is 0 Å². The van der Waals surface area contributed by atoms with Gasteiger partial charge in [0, 0.05) is 11.3 Å². The van der Waals surface area contributed by atoms with Gasteiger partial charge in [0.1, 0.15) is 5.52 Å². The zero-order valence-corrected chi connectivity index (χ0v) is 16.1.